The van der Waals surface area contributed by atoms with Crippen molar-refractivity contribution in [2.24, 2.45) is 0 Å². The summed E-state index contributed by atoms with van der Waals surface area (Å²) in [5.74, 6) is 1.57. The fourth-order valence-corrected chi connectivity index (χ4v) is 7.30. The quantitative estimate of drug-likeness (QED) is 0.212. The van der Waals surface area contributed by atoms with Gasteiger partial charge >= 0.3 is 6.01 Å². The number of benzene rings is 2. The fraction of sp³-hybridized carbons (Fsp3) is 0.457. The van der Waals surface area contributed by atoms with Crippen molar-refractivity contribution < 1.29 is 37.2 Å². The second-order valence-corrected chi connectivity index (χ2v) is 13.0. The van der Waals surface area contributed by atoms with Crippen molar-refractivity contribution in [2.45, 2.75) is 43.5 Å². The number of terminal acetylenes is 1. The van der Waals surface area contributed by atoms with Crippen molar-refractivity contribution in [3.05, 3.63) is 47.7 Å². The van der Waals surface area contributed by atoms with E-state index in [2.05, 4.69) is 20.8 Å². The average molecular weight is 664 g/mol. The second-order valence-electron chi connectivity index (χ2n) is 13.0. The van der Waals surface area contributed by atoms with E-state index in [0.29, 0.717) is 43.1 Å². The van der Waals surface area contributed by atoms with E-state index in [-0.39, 0.29) is 65.7 Å². The van der Waals surface area contributed by atoms with Crippen LogP contribution < -0.4 is 14.4 Å². The third-order valence-corrected chi connectivity index (χ3v) is 9.41. The van der Waals surface area contributed by atoms with Gasteiger partial charge in [0.25, 0.3) is 0 Å². The first kappa shape index (κ1) is 32.3. The fourth-order valence-electron chi connectivity index (χ4n) is 7.30. The van der Waals surface area contributed by atoms with Gasteiger partial charge in [-0.05, 0) is 49.9 Å². The molecular weight excluding hydrogens is 627 g/mol. The topological polar surface area (TPSA) is 102 Å². The Morgan fingerprint density at radius 3 is 2.85 bits per heavy atom. The maximum absolute atomic E-state index is 17.0. The number of alkyl halides is 1. The van der Waals surface area contributed by atoms with E-state index in [1.807, 2.05) is 0 Å². The number of methoxy groups -OCH3 is 1. The Morgan fingerprint density at radius 1 is 1.19 bits per heavy atom. The van der Waals surface area contributed by atoms with Crippen molar-refractivity contribution in [1.82, 2.24) is 19.9 Å². The molecule has 3 aliphatic heterocycles. The summed E-state index contributed by atoms with van der Waals surface area (Å²) in [4.78, 5) is 17.6. The Hall–Kier alpha value is -4.22. The van der Waals surface area contributed by atoms with Crippen LogP contribution in [0.15, 0.2) is 30.5 Å². The molecule has 3 atom stereocenters. The van der Waals surface area contributed by atoms with Crippen LogP contribution in [0, 0.1) is 24.0 Å². The third kappa shape index (κ3) is 5.87. The number of hydrogen-bond donors (Lipinski definition) is 1. The highest BCUT2D eigenvalue weighted by Crippen LogP contribution is 2.42. The lowest BCUT2D eigenvalue weighted by Gasteiger charge is -2.31. The lowest BCUT2D eigenvalue weighted by atomic mass is 9.95. The molecule has 10 nitrogen and oxygen atoms in total. The number of fused-ring (bicyclic) bond motifs is 3. The van der Waals surface area contributed by atoms with Gasteiger partial charge < -0.3 is 29.0 Å². The summed E-state index contributed by atoms with van der Waals surface area (Å²) in [6.45, 7) is 3.72. The SMILES string of the molecule is C#Cc1c(F)ccc2cc(OCOC)cc(-c3ncc4c(N5CCOCC(C)(O)C5)nc(OC[C@@]56CCCN5C[C@H](F)C6)nc4c3F)c12. The molecule has 1 N–H and O–H groups in total. The highest BCUT2D eigenvalue weighted by atomic mass is 19.1. The van der Waals surface area contributed by atoms with E-state index in [1.165, 1.54) is 31.5 Å². The Bertz CT molecular complexity index is 1920. The zero-order chi connectivity index (χ0) is 33.6. The number of hydrogen-bond acceptors (Lipinski definition) is 10. The number of anilines is 1. The van der Waals surface area contributed by atoms with Crippen molar-refractivity contribution in [3.8, 4) is 35.4 Å². The molecule has 7 rings (SSSR count). The van der Waals surface area contributed by atoms with Gasteiger partial charge in [-0.3, -0.25) is 9.88 Å². The van der Waals surface area contributed by atoms with Crippen LogP contribution in [-0.2, 0) is 9.47 Å². The van der Waals surface area contributed by atoms with E-state index >= 15 is 8.78 Å². The minimum Gasteiger partial charge on any atom is -0.468 e. The highest BCUT2D eigenvalue weighted by molar-refractivity contribution is 6.03. The summed E-state index contributed by atoms with van der Waals surface area (Å²) in [7, 11) is 1.47. The number of halogens is 3. The minimum absolute atomic E-state index is 0.0515. The lowest BCUT2D eigenvalue weighted by molar-refractivity contribution is -0.0123. The van der Waals surface area contributed by atoms with Gasteiger partial charge in [-0.1, -0.05) is 12.0 Å². The van der Waals surface area contributed by atoms with Gasteiger partial charge in [0, 0.05) is 43.8 Å². The molecule has 0 spiro atoms. The van der Waals surface area contributed by atoms with Crippen LogP contribution in [0.3, 0.4) is 0 Å². The Kier molecular flexibility index (Phi) is 8.53. The first-order valence-electron chi connectivity index (χ1n) is 15.9. The van der Waals surface area contributed by atoms with Crippen LogP contribution in [0.4, 0.5) is 19.0 Å². The number of ether oxygens (including phenoxy) is 4. The van der Waals surface area contributed by atoms with Gasteiger partial charge in [-0.2, -0.15) is 9.97 Å². The predicted molar refractivity (Wildman–Crippen MR) is 173 cm³/mol. The molecule has 5 heterocycles. The smallest absolute Gasteiger partial charge is 0.319 e. The van der Waals surface area contributed by atoms with Crippen molar-refractivity contribution >= 4 is 27.5 Å². The molecule has 1 unspecified atom stereocenters. The van der Waals surface area contributed by atoms with Crippen molar-refractivity contribution in [2.75, 3.05) is 64.8 Å². The summed E-state index contributed by atoms with van der Waals surface area (Å²) in [6.07, 6.45) is 8.26. The Balaban J connectivity index is 1.40. The molecule has 252 valence electrons. The van der Waals surface area contributed by atoms with E-state index in [9.17, 15) is 9.50 Å². The van der Waals surface area contributed by atoms with E-state index in [1.54, 1.807) is 17.9 Å². The number of pyridine rings is 1. The molecule has 3 fully saturated rings. The van der Waals surface area contributed by atoms with Gasteiger partial charge in [-0.25, -0.2) is 13.2 Å². The van der Waals surface area contributed by atoms with Crippen LogP contribution in [0.5, 0.6) is 11.8 Å². The molecular formula is C35H36F3N5O5. The van der Waals surface area contributed by atoms with Crippen molar-refractivity contribution in [3.63, 3.8) is 0 Å². The first-order valence-corrected chi connectivity index (χ1v) is 15.9. The Labute approximate surface area is 275 Å². The van der Waals surface area contributed by atoms with Gasteiger partial charge in [0.1, 0.15) is 47.0 Å². The monoisotopic (exact) mass is 663 g/mol. The van der Waals surface area contributed by atoms with Crippen LogP contribution in [0.2, 0.25) is 0 Å². The number of rotatable bonds is 8. The van der Waals surface area contributed by atoms with Gasteiger partial charge in [-0.15, -0.1) is 6.42 Å². The molecule has 4 aromatic rings. The zero-order valence-electron chi connectivity index (χ0n) is 26.8. The van der Waals surface area contributed by atoms with Crippen LogP contribution in [-0.4, -0.2) is 102 Å². The second kappa shape index (κ2) is 12.7. The number of aromatic nitrogens is 3. The first-order chi connectivity index (χ1) is 23.1. The normalized spacial score (nSPS) is 24.5. The molecule has 0 radical (unpaired) electrons. The maximum Gasteiger partial charge on any atom is 0.319 e. The summed E-state index contributed by atoms with van der Waals surface area (Å²) in [5, 5.41) is 12.0. The standard InChI is InChI=1S/C35H36F3N5O5/c1-4-24-27(37)7-6-21-12-23(48-20-45-3)13-25(28(21)24)30-29(38)31-26(15-39-30)32(42-10-11-46-18-34(2,44)17-42)41-33(40-31)47-19-35-8-5-9-43(35)16-22(36)14-35/h1,6-7,12-13,15,22,44H,5,8-11,14,16-20H2,2-3H3/t22-,34?,35+/m1/s1. The molecule has 2 aromatic heterocycles. The molecule has 13 heteroatoms. The average Bonchev–Trinajstić information content (AvgIpc) is 3.52. The summed E-state index contributed by atoms with van der Waals surface area (Å²) >= 11 is 0. The van der Waals surface area contributed by atoms with E-state index < -0.39 is 28.9 Å². The minimum atomic E-state index is -1.22. The molecule has 0 amide bonds. The molecule has 0 aliphatic carbocycles. The third-order valence-electron chi connectivity index (χ3n) is 9.41. The van der Waals surface area contributed by atoms with Gasteiger partial charge in [0.15, 0.2) is 12.6 Å². The number of nitrogens with zero attached hydrogens (tertiary/aromatic N) is 5. The lowest BCUT2D eigenvalue weighted by Crippen LogP contribution is -2.44. The number of β-amino-alcohol motifs (C(OH)–C–C–N with tert-alkyl or cyclic N) is 1. The molecule has 3 saturated heterocycles. The predicted octanol–water partition coefficient (Wildman–Crippen LogP) is 4.63. The molecule has 0 saturated carbocycles. The van der Waals surface area contributed by atoms with E-state index in [0.717, 1.165) is 19.4 Å². The van der Waals surface area contributed by atoms with E-state index in [4.69, 9.17) is 30.4 Å². The van der Waals surface area contributed by atoms with Crippen LogP contribution in [0.25, 0.3) is 32.9 Å². The molecule has 3 aliphatic rings. The summed E-state index contributed by atoms with van der Waals surface area (Å²) in [5.41, 5.74) is -1.81. The van der Waals surface area contributed by atoms with Gasteiger partial charge in [0.05, 0.1) is 36.2 Å². The number of aliphatic hydroxyl groups is 1. The maximum atomic E-state index is 17.0. The summed E-state index contributed by atoms with van der Waals surface area (Å²) in [6, 6.07) is 5.87. The van der Waals surface area contributed by atoms with Crippen molar-refractivity contribution in [1.29, 1.82) is 0 Å². The largest absolute Gasteiger partial charge is 0.468 e. The molecule has 2 aromatic carbocycles. The molecule has 0 bridgehead atoms. The summed E-state index contributed by atoms with van der Waals surface area (Å²) < 4.78 is 69.1. The Morgan fingerprint density at radius 2 is 2.04 bits per heavy atom. The zero-order valence-corrected chi connectivity index (χ0v) is 26.8. The van der Waals surface area contributed by atoms with Crippen LogP contribution in [0.1, 0.15) is 31.7 Å². The van der Waals surface area contributed by atoms with Gasteiger partial charge in [0.2, 0.25) is 0 Å². The molecule has 48 heavy (non-hydrogen) atoms. The highest BCUT2D eigenvalue weighted by Gasteiger charge is 2.49. The van der Waals surface area contributed by atoms with Crippen LogP contribution >= 0.6 is 0 Å².